The van der Waals surface area contributed by atoms with Crippen molar-refractivity contribution in [3.8, 4) is 0 Å². The summed E-state index contributed by atoms with van der Waals surface area (Å²) in [7, 11) is 0. The summed E-state index contributed by atoms with van der Waals surface area (Å²) in [5, 5.41) is 0. The van der Waals surface area contributed by atoms with Crippen LogP contribution in [0.4, 0.5) is 26.3 Å². The minimum absolute atomic E-state index is 0.115. The molecule has 1 rings (SSSR count). The Bertz CT molecular complexity index is 434. The van der Waals surface area contributed by atoms with Crippen molar-refractivity contribution < 1.29 is 31.1 Å². The van der Waals surface area contributed by atoms with Gasteiger partial charge >= 0.3 is 12.4 Å². The van der Waals surface area contributed by atoms with Gasteiger partial charge < -0.3 is 0 Å². The minimum atomic E-state index is -5.63. The smallest absolute Gasteiger partial charge is 0.298 e. The molecule has 8 heteroatoms. The molecule has 0 aliphatic carbocycles. The highest BCUT2D eigenvalue weighted by Gasteiger charge is 2.60. The van der Waals surface area contributed by atoms with Crippen LogP contribution in [-0.2, 0) is 11.2 Å². The maximum absolute atomic E-state index is 12.3. The molecule has 0 aromatic heterocycles. The first-order valence-electron chi connectivity index (χ1n) is 4.92. The van der Waals surface area contributed by atoms with E-state index in [0.29, 0.717) is 0 Å². The molecule has 0 saturated heterocycles. The Labute approximate surface area is 118 Å². The van der Waals surface area contributed by atoms with E-state index in [0.717, 1.165) is 3.57 Å². The highest BCUT2D eigenvalue weighted by Crippen LogP contribution is 2.40. The second-order valence-electron chi connectivity index (χ2n) is 3.79. The Balaban J connectivity index is 2.93. The maximum Gasteiger partial charge on any atom is 0.407 e. The molecule has 0 aliphatic heterocycles. The van der Waals surface area contributed by atoms with Crippen LogP contribution in [0.2, 0.25) is 0 Å². The van der Waals surface area contributed by atoms with Crippen LogP contribution in [0.25, 0.3) is 0 Å². The average molecular weight is 396 g/mol. The van der Waals surface area contributed by atoms with Crippen LogP contribution >= 0.6 is 22.6 Å². The quantitative estimate of drug-likeness (QED) is 0.555. The van der Waals surface area contributed by atoms with Crippen molar-refractivity contribution in [1.29, 1.82) is 0 Å². The number of hydrogen-bond acceptors (Lipinski definition) is 1. The summed E-state index contributed by atoms with van der Waals surface area (Å²) in [6, 6.07) is 5.64. The SMILES string of the molecule is O=C(Cc1ccc(I)cc1)C(C(F)(F)F)C(F)(F)F. The second-order valence-corrected chi connectivity index (χ2v) is 5.03. The zero-order valence-corrected chi connectivity index (χ0v) is 11.3. The molecule has 0 spiro atoms. The maximum atomic E-state index is 12.3. The number of ketones is 1. The molecule has 1 aromatic rings. The summed E-state index contributed by atoms with van der Waals surface area (Å²) >= 11 is 1.92. The Kier molecular flexibility index (Phi) is 4.86. The van der Waals surface area contributed by atoms with E-state index in [1.165, 1.54) is 24.3 Å². The molecule has 0 amide bonds. The minimum Gasteiger partial charge on any atom is -0.298 e. The number of alkyl halides is 6. The second kappa shape index (κ2) is 5.68. The van der Waals surface area contributed by atoms with Gasteiger partial charge in [-0.1, -0.05) is 12.1 Å². The lowest BCUT2D eigenvalue weighted by Crippen LogP contribution is -2.43. The summed E-state index contributed by atoms with van der Waals surface area (Å²) in [4.78, 5) is 11.2. The normalized spacial score (nSPS) is 12.8. The van der Waals surface area contributed by atoms with Gasteiger partial charge in [-0.15, -0.1) is 0 Å². The van der Waals surface area contributed by atoms with E-state index in [9.17, 15) is 31.1 Å². The molecule has 1 nitrogen and oxygen atoms in total. The van der Waals surface area contributed by atoms with E-state index < -0.39 is 30.5 Å². The summed E-state index contributed by atoms with van der Waals surface area (Å²) < 4.78 is 74.5. The zero-order chi connectivity index (χ0) is 14.8. The molecular formula is C11H7F6IO. The van der Waals surface area contributed by atoms with E-state index in [1.54, 1.807) is 0 Å². The summed E-state index contributed by atoms with van der Waals surface area (Å²) in [5.41, 5.74) is 0.115. The lowest BCUT2D eigenvalue weighted by molar-refractivity contribution is -0.273. The van der Waals surface area contributed by atoms with Crippen LogP contribution < -0.4 is 0 Å². The van der Waals surface area contributed by atoms with Crippen molar-refractivity contribution in [1.82, 2.24) is 0 Å². The number of benzene rings is 1. The molecule has 0 heterocycles. The van der Waals surface area contributed by atoms with Crippen LogP contribution in [-0.4, -0.2) is 18.1 Å². The number of rotatable bonds is 3. The third-order valence-corrected chi connectivity index (χ3v) is 2.99. The van der Waals surface area contributed by atoms with Gasteiger partial charge in [-0.25, -0.2) is 0 Å². The van der Waals surface area contributed by atoms with Gasteiger partial charge in [0.1, 0.15) is 0 Å². The van der Waals surface area contributed by atoms with E-state index in [4.69, 9.17) is 0 Å². The van der Waals surface area contributed by atoms with Crippen LogP contribution in [0.3, 0.4) is 0 Å². The molecule has 0 N–H and O–H groups in total. The van der Waals surface area contributed by atoms with E-state index in [2.05, 4.69) is 0 Å². The fourth-order valence-electron chi connectivity index (χ4n) is 1.46. The molecule has 0 aliphatic rings. The number of hydrogen-bond donors (Lipinski definition) is 0. The summed E-state index contributed by atoms with van der Waals surface area (Å²) in [5.74, 6) is -5.83. The predicted octanol–water partition coefficient (Wildman–Crippen LogP) is 4.14. The molecule has 1 aromatic carbocycles. The van der Waals surface area contributed by atoms with Crippen LogP contribution in [0, 0.1) is 9.49 Å². The molecule has 0 atom stereocenters. The monoisotopic (exact) mass is 396 g/mol. The molecule has 19 heavy (non-hydrogen) atoms. The van der Waals surface area contributed by atoms with E-state index in [-0.39, 0.29) is 5.56 Å². The van der Waals surface area contributed by atoms with Gasteiger partial charge in [0.25, 0.3) is 0 Å². The third-order valence-electron chi connectivity index (χ3n) is 2.27. The Morgan fingerprint density at radius 3 is 1.79 bits per heavy atom. The van der Waals surface area contributed by atoms with Crippen molar-refractivity contribution in [3.05, 3.63) is 33.4 Å². The topological polar surface area (TPSA) is 17.1 Å². The fourth-order valence-corrected chi connectivity index (χ4v) is 1.82. The van der Waals surface area contributed by atoms with Gasteiger partial charge in [0, 0.05) is 9.99 Å². The van der Waals surface area contributed by atoms with E-state index in [1.807, 2.05) is 22.6 Å². The molecule has 0 saturated carbocycles. The van der Waals surface area contributed by atoms with Crippen molar-refractivity contribution in [2.75, 3.05) is 0 Å². The third kappa shape index (κ3) is 4.66. The highest BCUT2D eigenvalue weighted by atomic mass is 127. The number of halogens is 7. The van der Waals surface area contributed by atoms with Gasteiger partial charge in [0.15, 0.2) is 5.78 Å². The first kappa shape index (κ1) is 16.3. The van der Waals surface area contributed by atoms with Crippen LogP contribution in [0.5, 0.6) is 0 Å². The fraction of sp³-hybridized carbons (Fsp3) is 0.364. The largest absolute Gasteiger partial charge is 0.407 e. The Morgan fingerprint density at radius 2 is 1.42 bits per heavy atom. The Hall–Kier alpha value is -0.800. The van der Waals surface area contributed by atoms with Crippen LogP contribution in [0.15, 0.2) is 24.3 Å². The molecular weight excluding hydrogens is 389 g/mol. The summed E-state index contributed by atoms with van der Waals surface area (Å²) in [6.07, 6.45) is -12.2. The van der Waals surface area contributed by atoms with Crippen LogP contribution in [0.1, 0.15) is 5.56 Å². The zero-order valence-electron chi connectivity index (χ0n) is 9.15. The van der Waals surface area contributed by atoms with Gasteiger partial charge in [-0.2, -0.15) is 26.3 Å². The van der Waals surface area contributed by atoms with Crippen molar-refractivity contribution >= 4 is 28.4 Å². The number of Topliss-reactive ketones (excluding diaryl/α,β-unsaturated/α-hetero) is 1. The number of carbonyl (C=O) groups excluding carboxylic acids is 1. The standard InChI is InChI=1S/C11H7F6IO/c12-10(13,14)9(11(15,16)17)8(19)5-6-1-3-7(18)4-2-6/h1-4,9H,5H2. The average Bonchev–Trinajstić information content (AvgIpc) is 2.16. The lowest BCUT2D eigenvalue weighted by Gasteiger charge is -2.21. The predicted molar refractivity (Wildman–Crippen MR) is 63.5 cm³/mol. The van der Waals surface area contributed by atoms with Gasteiger partial charge in [-0.3, -0.25) is 4.79 Å². The van der Waals surface area contributed by atoms with Crippen molar-refractivity contribution in [2.45, 2.75) is 18.8 Å². The first-order chi connectivity index (χ1) is 8.51. The highest BCUT2D eigenvalue weighted by molar-refractivity contribution is 14.1. The lowest BCUT2D eigenvalue weighted by atomic mass is 9.97. The van der Waals surface area contributed by atoms with Gasteiger partial charge in [-0.05, 0) is 40.3 Å². The Morgan fingerprint density at radius 1 is 1.00 bits per heavy atom. The molecule has 0 radical (unpaired) electrons. The van der Waals surface area contributed by atoms with Crippen molar-refractivity contribution in [2.24, 2.45) is 5.92 Å². The summed E-state index contributed by atoms with van der Waals surface area (Å²) in [6.45, 7) is 0. The van der Waals surface area contributed by atoms with Crippen molar-refractivity contribution in [3.63, 3.8) is 0 Å². The molecule has 0 bridgehead atoms. The van der Waals surface area contributed by atoms with Gasteiger partial charge in [0.2, 0.25) is 5.92 Å². The first-order valence-corrected chi connectivity index (χ1v) is 6.00. The molecule has 0 unspecified atom stereocenters. The molecule has 0 fully saturated rings. The van der Waals surface area contributed by atoms with E-state index >= 15 is 0 Å². The number of carbonyl (C=O) groups is 1. The molecule has 106 valence electrons. The van der Waals surface area contributed by atoms with Gasteiger partial charge in [0.05, 0.1) is 0 Å².